The molecule has 1 unspecified atom stereocenters. The summed E-state index contributed by atoms with van der Waals surface area (Å²) in [4.78, 5) is 11.2. The SMILES string of the molecule is CCCCC(O)CC(=O)NC(C)C. The molecule has 78 valence electrons. The highest BCUT2D eigenvalue weighted by Crippen LogP contribution is 2.03. The van der Waals surface area contributed by atoms with Gasteiger partial charge in [-0.1, -0.05) is 19.8 Å². The molecule has 0 heterocycles. The zero-order chi connectivity index (χ0) is 10.3. The van der Waals surface area contributed by atoms with Crippen LogP contribution in [-0.2, 0) is 4.79 Å². The Hall–Kier alpha value is -0.570. The lowest BCUT2D eigenvalue weighted by molar-refractivity contribution is -0.123. The Morgan fingerprint density at radius 2 is 2.08 bits per heavy atom. The summed E-state index contributed by atoms with van der Waals surface area (Å²) < 4.78 is 0. The lowest BCUT2D eigenvalue weighted by atomic mass is 10.1. The summed E-state index contributed by atoms with van der Waals surface area (Å²) in [6.07, 6.45) is 2.53. The van der Waals surface area contributed by atoms with Crippen molar-refractivity contribution >= 4 is 5.91 Å². The van der Waals surface area contributed by atoms with Gasteiger partial charge in [0.15, 0.2) is 0 Å². The zero-order valence-electron chi connectivity index (χ0n) is 8.84. The van der Waals surface area contributed by atoms with Gasteiger partial charge in [-0.25, -0.2) is 0 Å². The van der Waals surface area contributed by atoms with Crippen LogP contribution in [0.2, 0.25) is 0 Å². The van der Waals surface area contributed by atoms with Crippen molar-refractivity contribution in [3.8, 4) is 0 Å². The standard InChI is InChI=1S/C10H21NO2/c1-4-5-6-9(12)7-10(13)11-8(2)3/h8-9,12H,4-7H2,1-3H3,(H,11,13). The third-order valence-corrected chi connectivity index (χ3v) is 1.76. The van der Waals surface area contributed by atoms with Gasteiger partial charge in [0.25, 0.3) is 0 Å². The van der Waals surface area contributed by atoms with E-state index in [1.807, 2.05) is 13.8 Å². The molecule has 0 rings (SSSR count). The van der Waals surface area contributed by atoms with Crippen molar-refractivity contribution in [1.29, 1.82) is 0 Å². The molecular formula is C10H21NO2. The van der Waals surface area contributed by atoms with Crippen molar-refractivity contribution in [1.82, 2.24) is 5.32 Å². The summed E-state index contributed by atoms with van der Waals surface area (Å²) in [5.74, 6) is -0.0568. The van der Waals surface area contributed by atoms with Crippen molar-refractivity contribution in [3.63, 3.8) is 0 Å². The molecule has 0 aliphatic rings. The van der Waals surface area contributed by atoms with Crippen molar-refractivity contribution in [3.05, 3.63) is 0 Å². The summed E-state index contributed by atoms with van der Waals surface area (Å²) in [5, 5.41) is 12.2. The lowest BCUT2D eigenvalue weighted by Gasteiger charge is -2.11. The second kappa shape index (κ2) is 6.89. The molecule has 3 nitrogen and oxygen atoms in total. The van der Waals surface area contributed by atoms with Crippen molar-refractivity contribution in [2.75, 3.05) is 0 Å². The molecule has 2 N–H and O–H groups in total. The Balaban J connectivity index is 3.53. The number of aliphatic hydroxyl groups is 1. The predicted molar refractivity (Wildman–Crippen MR) is 53.4 cm³/mol. The Morgan fingerprint density at radius 3 is 2.54 bits per heavy atom. The first-order chi connectivity index (χ1) is 6.06. The van der Waals surface area contributed by atoms with Gasteiger partial charge in [-0.15, -0.1) is 0 Å². The topological polar surface area (TPSA) is 49.3 Å². The molecular weight excluding hydrogens is 166 g/mol. The molecule has 1 atom stereocenters. The van der Waals surface area contributed by atoms with E-state index in [-0.39, 0.29) is 18.4 Å². The number of aliphatic hydroxyl groups excluding tert-OH is 1. The predicted octanol–water partition coefficient (Wildman–Crippen LogP) is 1.45. The van der Waals surface area contributed by atoms with Crippen LogP contribution < -0.4 is 5.32 Å². The van der Waals surface area contributed by atoms with Crippen LogP contribution in [0.15, 0.2) is 0 Å². The summed E-state index contributed by atoms with van der Waals surface area (Å²) in [7, 11) is 0. The fourth-order valence-electron chi connectivity index (χ4n) is 1.14. The Morgan fingerprint density at radius 1 is 1.46 bits per heavy atom. The second-order valence-electron chi connectivity index (χ2n) is 3.72. The summed E-state index contributed by atoms with van der Waals surface area (Å²) in [6.45, 7) is 5.90. The molecule has 0 radical (unpaired) electrons. The average Bonchev–Trinajstić information content (AvgIpc) is 1.98. The normalized spacial score (nSPS) is 13.0. The average molecular weight is 187 g/mol. The van der Waals surface area contributed by atoms with Gasteiger partial charge in [0.1, 0.15) is 0 Å². The smallest absolute Gasteiger partial charge is 0.222 e. The van der Waals surface area contributed by atoms with E-state index in [1.165, 1.54) is 0 Å². The molecule has 0 aliphatic heterocycles. The molecule has 0 aromatic carbocycles. The van der Waals surface area contributed by atoms with Gasteiger partial charge in [-0.2, -0.15) is 0 Å². The largest absolute Gasteiger partial charge is 0.393 e. The minimum absolute atomic E-state index is 0.0568. The minimum Gasteiger partial charge on any atom is -0.393 e. The Bertz CT molecular complexity index is 146. The van der Waals surface area contributed by atoms with Gasteiger partial charge >= 0.3 is 0 Å². The van der Waals surface area contributed by atoms with Crippen LogP contribution in [0, 0.1) is 0 Å². The van der Waals surface area contributed by atoms with E-state index in [1.54, 1.807) is 0 Å². The molecule has 3 heteroatoms. The van der Waals surface area contributed by atoms with Gasteiger partial charge < -0.3 is 10.4 Å². The monoisotopic (exact) mass is 187 g/mol. The number of unbranched alkanes of at least 4 members (excludes halogenated alkanes) is 1. The van der Waals surface area contributed by atoms with E-state index in [0.717, 1.165) is 19.3 Å². The van der Waals surface area contributed by atoms with Crippen LogP contribution in [0.5, 0.6) is 0 Å². The molecule has 1 amide bonds. The van der Waals surface area contributed by atoms with Gasteiger partial charge in [0.2, 0.25) is 5.91 Å². The maximum atomic E-state index is 11.2. The van der Waals surface area contributed by atoms with Gasteiger partial charge in [0.05, 0.1) is 12.5 Å². The van der Waals surface area contributed by atoms with Crippen LogP contribution in [0.25, 0.3) is 0 Å². The first-order valence-electron chi connectivity index (χ1n) is 5.03. The maximum absolute atomic E-state index is 11.2. The van der Waals surface area contributed by atoms with Crippen LogP contribution >= 0.6 is 0 Å². The fraction of sp³-hybridized carbons (Fsp3) is 0.900. The van der Waals surface area contributed by atoms with Crippen molar-refractivity contribution < 1.29 is 9.90 Å². The quantitative estimate of drug-likeness (QED) is 0.661. The third-order valence-electron chi connectivity index (χ3n) is 1.76. The molecule has 0 aromatic heterocycles. The van der Waals surface area contributed by atoms with Crippen LogP contribution in [-0.4, -0.2) is 23.2 Å². The van der Waals surface area contributed by atoms with Crippen LogP contribution in [0.1, 0.15) is 46.5 Å². The van der Waals surface area contributed by atoms with E-state index in [2.05, 4.69) is 12.2 Å². The highest BCUT2D eigenvalue weighted by atomic mass is 16.3. The molecule has 0 spiro atoms. The van der Waals surface area contributed by atoms with E-state index >= 15 is 0 Å². The van der Waals surface area contributed by atoms with Gasteiger partial charge in [-0.3, -0.25) is 4.79 Å². The number of nitrogens with one attached hydrogen (secondary N) is 1. The number of carbonyl (C=O) groups is 1. The van der Waals surface area contributed by atoms with E-state index in [4.69, 9.17) is 0 Å². The number of hydrogen-bond donors (Lipinski definition) is 2. The molecule has 0 saturated heterocycles. The Labute approximate surface area is 80.5 Å². The Kier molecular flexibility index (Phi) is 6.59. The van der Waals surface area contributed by atoms with E-state index in [9.17, 15) is 9.90 Å². The van der Waals surface area contributed by atoms with Crippen LogP contribution in [0.3, 0.4) is 0 Å². The van der Waals surface area contributed by atoms with E-state index < -0.39 is 6.10 Å². The number of rotatable bonds is 6. The highest BCUT2D eigenvalue weighted by Gasteiger charge is 2.10. The van der Waals surface area contributed by atoms with Crippen molar-refractivity contribution in [2.45, 2.75) is 58.6 Å². The maximum Gasteiger partial charge on any atom is 0.222 e. The second-order valence-corrected chi connectivity index (χ2v) is 3.72. The lowest BCUT2D eigenvalue weighted by Crippen LogP contribution is -2.32. The molecule has 0 saturated carbocycles. The highest BCUT2D eigenvalue weighted by molar-refractivity contribution is 5.76. The minimum atomic E-state index is -0.473. The molecule has 0 aliphatic carbocycles. The molecule has 0 fully saturated rings. The molecule has 0 bridgehead atoms. The van der Waals surface area contributed by atoms with Gasteiger partial charge in [-0.05, 0) is 20.3 Å². The first kappa shape index (κ1) is 12.4. The van der Waals surface area contributed by atoms with Crippen molar-refractivity contribution in [2.24, 2.45) is 0 Å². The summed E-state index contributed by atoms with van der Waals surface area (Å²) in [6, 6.07) is 0.158. The first-order valence-corrected chi connectivity index (χ1v) is 5.03. The number of hydrogen-bond acceptors (Lipinski definition) is 2. The number of amides is 1. The summed E-state index contributed by atoms with van der Waals surface area (Å²) in [5.41, 5.74) is 0. The van der Waals surface area contributed by atoms with Crippen LogP contribution in [0.4, 0.5) is 0 Å². The third kappa shape index (κ3) is 7.78. The van der Waals surface area contributed by atoms with Gasteiger partial charge in [0, 0.05) is 6.04 Å². The fourth-order valence-corrected chi connectivity index (χ4v) is 1.14. The summed E-state index contributed by atoms with van der Waals surface area (Å²) >= 11 is 0. The molecule has 13 heavy (non-hydrogen) atoms. The van der Waals surface area contributed by atoms with E-state index in [0.29, 0.717) is 0 Å². The number of carbonyl (C=O) groups excluding carboxylic acids is 1. The molecule has 0 aromatic rings. The zero-order valence-corrected chi connectivity index (χ0v) is 8.84.